The van der Waals surface area contributed by atoms with E-state index in [1.807, 2.05) is 18.2 Å². The summed E-state index contributed by atoms with van der Waals surface area (Å²) in [6, 6.07) is 10.3. The van der Waals surface area contributed by atoms with Crippen LogP contribution in [0, 0.1) is 5.41 Å². The third-order valence-electron chi connectivity index (χ3n) is 3.49. The van der Waals surface area contributed by atoms with Crippen LogP contribution in [0.3, 0.4) is 0 Å². The van der Waals surface area contributed by atoms with E-state index in [9.17, 15) is 0 Å². The Kier molecular flexibility index (Phi) is 4.72. The normalized spacial score (nSPS) is 15.6. The molecule has 2 heteroatoms. The van der Waals surface area contributed by atoms with E-state index in [2.05, 4.69) is 45.1 Å². The van der Waals surface area contributed by atoms with Gasteiger partial charge in [-0.2, -0.15) is 0 Å². The Balaban J connectivity index is 2.51. The van der Waals surface area contributed by atoms with Gasteiger partial charge in [0.2, 0.25) is 0 Å². The first-order chi connectivity index (χ1) is 7.87. The van der Waals surface area contributed by atoms with Crippen LogP contribution in [0.25, 0.3) is 0 Å². The van der Waals surface area contributed by atoms with Crippen molar-refractivity contribution in [2.24, 2.45) is 11.1 Å². The Hall–Kier alpha value is -0.860. The molecule has 0 aliphatic rings. The zero-order valence-electron chi connectivity index (χ0n) is 11.6. The lowest BCUT2D eigenvalue weighted by Gasteiger charge is -2.29. The van der Waals surface area contributed by atoms with E-state index in [1.165, 1.54) is 12.0 Å². The van der Waals surface area contributed by atoms with Crippen molar-refractivity contribution in [2.45, 2.75) is 39.7 Å². The van der Waals surface area contributed by atoms with Crippen LogP contribution < -0.4 is 11.1 Å². The molecule has 0 aliphatic heterocycles. The lowest BCUT2D eigenvalue weighted by atomic mass is 9.89. The van der Waals surface area contributed by atoms with Crippen LogP contribution in [0.5, 0.6) is 0 Å². The molecule has 0 saturated carbocycles. The number of rotatable bonds is 6. The second-order valence-corrected chi connectivity index (χ2v) is 5.90. The molecule has 17 heavy (non-hydrogen) atoms. The number of nitrogens with one attached hydrogen (secondary N) is 1. The minimum Gasteiger partial charge on any atom is -0.321 e. The van der Waals surface area contributed by atoms with Gasteiger partial charge in [0.1, 0.15) is 0 Å². The molecular formula is C15H26N2. The fourth-order valence-electron chi connectivity index (χ4n) is 1.71. The highest BCUT2D eigenvalue weighted by atomic mass is 14.9. The fraction of sp³-hybridized carbons (Fsp3) is 0.600. The summed E-state index contributed by atoms with van der Waals surface area (Å²) in [4.78, 5) is 0. The van der Waals surface area contributed by atoms with Gasteiger partial charge in [-0.05, 0) is 24.3 Å². The second-order valence-electron chi connectivity index (χ2n) is 5.90. The average molecular weight is 234 g/mol. The van der Waals surface area contributed by atoms with Crippen molar-refractivity contribution in [3.05, 3.63) is 35.9 Å². The molecule has 3 N–H and O–H groups in total. The minimum atomic E-state index is -0.301. The first-order valence-corrected chi connectivity index (χ1v) is 6.42. The molecular weight excluding hydrogens is 208 g/mol. The van der Waals surface area contributed by atoms with Gasteiger partial charge in [-0.1, -0.05) is 51.1 Å². The predicted octanol–water partition coefficient (Wildman–Crippen LogP) is 2.89. The monoisotopic (exact) mass is 234 g/mol. The van der Waals surface area contributed by atoms with Crippen LogP contribution >= 0.6 is 0 Å². The average Bonchev–Trinajstić information content (AvgIpc) is 2.30. The molecule has 0 fully saturated rings. The van der Waals surface area contributed by atoms with Gasteiger partial charge in [0.25, 0.3) is 0 Å². The third kappa shape index (κ3) is 4.49. The van der Waals surface area contributed by atoms with Crippen molar-refractivity contribution in [3.63, 3.8) is 0 Å². The first-order valence-electron chi connectivity index (χ1n) is 6.42. The van der Waals surface area contributed by atoms with Gasteiger partial charge in [0.15, 0.2) is 0 Å². The Bertz CT molecular complexity index is 328. The van der Waals surface area contributed by atoms with Crippen molar-refractivity contribution >= 4 is 0 Å². The SMILES string of the molecule is CCC(C)(C)CNCC(C)(N)c1ccccc1. The van der Waals surface area contributed by atoms with Gasteiger partial charge in [-0.25, -0.2) is 0 Å². The van der Waals surface area contributed by atoms with Gasteiger partial charge in [0, 0.05) is 13.1 Å². The highest BCUT2D eigenvalue weighted by Crippen LogP contribution is 2.20. The number of hydrogen-bond acceptors (Lipinski definition) is 2. The number of hydrogen-bond donors (Lipinski definition) is 2. The van der Waals surface area contributed by atoms with Gasteiger partial charge in [0.05, 0.1) is 5.54 Å². The highest BCUT2D eigenvalue weighted by Gasteiger charge is 2.22. The minimum absolute atomic E-state index is 0.301. The molecule has 0 heterocycles. The molecule has 0 aliphatic carbocycles. The van der Waals surface area contributed by atoms with Gasteiger partial charge in [-0.3, -0.25) is 0 Å². The van der Waals surface area contributed by atoms with Gasteiger partial charge >= 0.3 is 0 Å². The molecule has 1 rings (SSSR count). The van der Waals surface area contributed by atoms with E-state index < -0.39 is 0 Å². The van der Waals surface area contributed by atoms with Crippen LogP contribution in [0.1, 0.15) is 39.7 Å². The largest absolute Gasteiger partial charge is 0.321 e. The van der Waals surface area contributed by atoms with E-state index in [0.29, 0.717) is 5.41 Å². The molecule has 1 unspecified atom stereocenters. The number of benzene rings is 1. The lowest BCUT2D eigenvalue weighted by molar-refractivity contribution is 0.309. The van der Waals surface area contributed by atoms with Crippen LogP contribution in [0.4, 0.5) is 0 Å². The molecule has 0 spiro atoms. The van der Waals surface area contributed by atoms with E-state index in [-0.39, 0.29) is 5.54 Å². The maximum absolute atomic E-state index is 6.35. The zero-order chi connectivity index (χ0) is 12.9. The van der Waals surface area contributed by atoms with Crippen molar-refractivity contribution in [2.75, 3.05) is 13.1 Å². The molecule has 1 aromatic rings. The van der Waals surface area contributed by atoms with Crippen molar-refractivity contribution in [1.82, 2.24) is 5.32 Å². The van der Waals surface area contributed by atoms with Crippen LogP contribution in [-0.4, -0.2) is 13.1 Å². The van der Waals surface area contributed by atoms with E-state index in [1.54, 1.807) is 0 Å². The smallest absolute Gasteiger partial charge is 0.0507 e. The molecule has 1 aromatic carbocycles. The summed E-state index contributed by atoms with van der Waals surface area (Å²) >= 11 is 0. The number of nitrogens with two attached hydrogens (primary N) is 1. The summed E-state index contributed by atoms with van der Waals surface area (Å²) in [5.74, 6) is 0. The van der Waals surface area contributed by atoms with E-state index in [0.717, 1.165) is 13.1 Å². The van der Waals surface area contributed by atoms with Gasteiger partial charge < -0.3 is 11.1 Å². The summed E-state index contributed by atoms with van der Waals surface area (Å²) in [7, 11) is 0. The van der Waals surface area contributed by atoms with Crippen LogP contribution in [0.15, 0.2) is 30.3 Å². The standard InChI is InChI=1S/C15H26N2/c1-5-14(2,3)11-17-12-15(4,16)13-9-7-6-8-10-13/h6-10,17H,5,11-12,16H2,1-4H3. The van der Waals surface area contributed by atoms with Crippen LogP contribution in [-0.2, 0) is 5.54 Å². The first kappa shape index (κ1) is 14.2. The summed E-state index contributed by atoms with van der Waals surface area (Å²) in [5.41, 5.74) is 7.57. The summed E-state index contributed by atoms with van der Waals surface area (Å²) in [5, 5.41) is 3.49. The molecule has 0 amide bonds. The summed E-state index contributed by atoms with van der Waals surface area (Å²) < 4.78 is 0. The third-order valence-corrected chi connectivity index (χ3v) is 3.49. The quantitative estimate of drug-likeness (QED) is 0.794. The predicted molar refractivity (Wildman–Crippen MR) is 74.9 cm³/mol. The maximum Gasteiger partial charge on any atom is 0.0507 e. The fourth-order valence-corrected chi connectivity index (χ4v) is 1.71. The Morgan fingerprint density at radius 3 is 2.18 bits per heavy atom. The summed E-state index contributed by atoms with van der Waals surface area (Å²) in [6.07, 6.45) is 1.17. The van der Waals surface area contributed by atoms with Crippen molar-refractivity contribution < 1.29 is 0 Å². The molecule has 2 nitrogen and oxygen atoms in total. The van der Waals surface area contributed by atoms with Gasteiger partial charge in [-0.15, -0.1) is 0 Å². The maximum atomic E-state index is 6.35. The second kappa shape index (κ2) is 5.65. The lowest BCUT2D eigenvalue weighted by Crippen LogP contribution is -2.45. The Morgan fingerprint density at radius 2 is 1.65 bits per heavy atom. The van der Waals surface area contributed by atoms with Crippen LogP contribution in [0.2, 0.25) is 0 Å². The topological polar surface area (TPSA) is 38.0 Å². The van der Waals surface area contributed by atoms with Crippen molar-refractivity contribution in [3.8, 4) is 0 Å². The highest BCUT2D eigenvalue weighted by molar-refractivity contribution is 5.23. The molecule has 0 bridgehead atoms. The molecule has 0 radical (unpaired) electrons. The van der Waals surface area contributed by atoms with E-state index >= 15 is 0 Å². The van der Waals surface area contributed by atoms with E-state index in [4.69, 9.17) is 5.73 Å². The molecule has 96 valence electrons. The Morgan fingerprint density at radius 1 is 1.06 bits per heavy atom. The summed E-state index contributed by atoms with van der Waals surface area (Å²) in [6.45, 7) is 10.7. The molecule has 0 saturated heterocycles. The molecule has 0 aromatic heterocycles. The zero-order valence-corrected chi connectivity index (χ0v) is 11.6. The Labute approximate surface area is 106 Å². The van der Waals surface area contributed by atoms with Crippen molar-refractivity contribution in [1.29, 1.82) is 0 Å². The molecule has 1 atom stereocenters.